The van der Waals surface area contributed by atoms with Gasteiger partial charge in [-0.25, -0.2) is 9.18 Å². The molecule has 0 atom stereocenters. The molecular weight excluding hydrogens is 435 g/mol. The van der Waals surface area contributed by atoms with Crippen LogP contribution in [0, 0.1) is 5.82 Å². The highest BCUT2D eigenvalue weighted by atomic mass is 35.5. The van der Waals surface area contributed by atoms with Crippen molar-refractivity contribution in [1.82, 2.24) is 9.78 Å². The van der Waals surface area contributed by atoms with Crippen LogP contribution in [-0.4, -0.2) is 28.0 Å². The third-order valence-electron chi connectivity index (χ3n) is 4.03. The highest BCUT2D eigenvalue weighted by Gasteiger charge is 2.17. The number of anilines is 2. The molecule has 0 unspecified atom stereocenters. The number of methoxy groups -OCH3 is 1. The molecule has 2 N–H and O–H groups in total. The van der Waals surface area contributed by atoms with E-state index in [1.807, 2.05) is 6.92 Å². The highest BCUT2D eigenvalue weighted by Crippen LogP contribution is 2.29. The van der Waals surface area contributed by atoms with Gasteiger partial charge in [0, 0.05) is 27.7 Å². The predicted octanol–water partition coefficient (Wildman–Crippen LogP) is 4.94. The summed E-state index contributed by atoms with van der Waals surface area (Å²) in [6.45, 7) is 2.19. The molecule has 2 aromatic heterocycles. The summed E-state index contributed by atoms with van der Waals surface area (Å²) in [4.78, 5) is 13.0. The Bertz CT molecular complexity index is 1030. The Morgan fingerprint density at radius 1 is 1.38 bits per heavy atom. The number of nitrogens with zero attached hydrogens (tertiary/aromatic N) is 2. The molecule has 3 aromatic rings. The molecule has 152 valence electrons. The number of thiophene rings is 1. The molecule has 0 saturated heterocycles. The Morgan fingerprint density at radius 3 is 2.86 bits per heavy atom. The largest absolute Gasteiger partial charge is 0.465 e. The fraction of sp³-hybridized carbons (Fsp3) is 0.211. The van der Waals surface area contributed by atoms with E-state index in [0.29, 0.717) is 27.0 Å². The van der Waals surface area contributed by atoms with E-state index in [0.717, 1.165) is 11.3 Å². The molecule has 0 amide bonds. The first-order valence-electron chi connectivity index (χ1n) is 8.66. The number of halogens is 2. The number of hydrogen-bond donors (Lipinski definition) is 2. The van der Waals surface area contributed by atoms with Gasteiger partial charge in [-0.2, -0.15) is 5.10 Å². The van der Waals surface area contributed by atoms with Gasteiger partial charge in [0.1, 0.15) is 10.8 Å². The quantitative estimate of drug-likeness (QED) is 0.407. The highest BCUT2D eigenvalue weighted by molar-refractivity contribution is 7.80. The lowest BCUT2D eigenvalue weighted by atomic mass is 10.2. The number of rotatable bonds is 6. The van der Waals surface area contributed by atoms with Gasteiger partial charge < -0.3 is 15.4 Å². The molecule has 0 bridgehead atoms. The second-order valence-corrected chi connectivity index (χ2v) is 7.93. The van der Waals surface area contributed by atoms with Gasteiger partial charge in [0.15, 0.2) is 10.9 Å². The Labute approximate surface area is 181 Å². The fourth-order valence-corrected chi connectivity index (χ4v) is 4.07. The number of carbonyl (C=O) groups is 1. The van der Waals surface area contributed by atoms with Gasteiger partial charge in [-0.1, -0.05) is 24.6 Å². The van der Waals surface area contributed by atoms with E-state index >= 15 is 0 Å². The van der Waals surface area contributed by atoms with Crippen molar-refractivity contribution >= 4 is 57.1 Å². The van der Waals surface area contributed by atoms with E-state index in [4.69, 9.17) is 28.6 Å². The number of ether oxygens (including phenoxy) is 1. The molecule has 29 heavy (non-hydrogen) atoms. The summed E-state index contributed by atoms with van der Waals surface area (Å²) in [7, 11) is 1.33. The second kappa shape index (κ2) is 9.34. The Hall–Kier alpha value is -2.49. The van der Waals surface area contributed by atoms with Crippen LogP contribution >= 0.6 is 35.2 Å². The van der Waals surface area contributed by atoms with E-state index in [-0.39, 0.29) is 17.5 Å². The molecule has 6 nitrogen and oxygen atoms in total. The van der Waals surface area contributed by atoms with Gasteiger partial charge in [-0.15, -0.1) is 11.3 Å². The van der Waals surface area contributed by atoms with Crippen LogP contribution in [-0.2, 0) is 17.7 Å². The molecule has 0 aliphatic carbocycles. The van der Waals surface area contributed by atoms with Crippen molar-refractivity contribution in [2.24, 2.45) is 0 Å². The van der Waals surface area contributed by atoms with Gasteiger partial charge in [0.25, 0.3) is 0 Å². The number of carbonyl (C=O) groups excluding carboxylic acids is 1. The Morgan fingerprint density at radius 2 is 2.17 bits per heavy atom. The molecule has 0 aliphatic rings. The average Bonchev–Trinajstić information content (AvgIpc) is 3.30. The van der Waals surface area contributed by atoms with E-state index in [2.05, 4.69) is 15.7 Å². The summed E-state index contributed by atoms with van der Waals surface area (Å²) in [6.07, 6.45) is 2.48. The number of esters is 1. The maximum atomic E-state index is 14.0. The first kappa shape index (κ1) is 21.2. The van der Waals surface area contributed by atoms with Gasteiger partial charge >= 0.3 is 5.97 Å². The maximum Gasteiger partial charge on any atom is 0.340 e. The van der Waals surface area contributed by atoms with Crippen LogP contribution in [0.5, 0.6) is 0 Å². The second-order valence-electron chi connectivity index (χ2n) is 5.98. The van der Waals surface area contributed by atoms with Crippen molar-refractivity contribution in [3.63, 3.8) is 0 Å². The van der Waals surface area contributed by atoms with Crippen molar-refractivity contribution in [3.05, 3.63) is 63.4 Å². The average molecular weight is 453 g/mol. The minimum absolute atomic E-state index is 0.185. The van der Waals surface area contributed by atoms with Crippen LogP contribution in [0.2, 0.25) is 5.02 Å². The zero-order valence-corrected chi connectivity index (χ0v) is 18.1. The summed E-state index contributed by atoms with van der Waals surface area (Å²) >= 11 is 12.8. The standard InChI is InChI=1S/C19H18ClFN4O2S2/c1-3-11-9-12(18(26)27-2)17(29-11)23-19(28)22-16-7-8-25(24-16)10-13-14(20)5-4-6-15(13)21/h4-9H,3,10H2,1-2H3,(H2,22,23,24,28). The van der Waals surface area contributed by atoms with Gasteiger partial charge in [-0.05, 0) is 36.8 Å². The summed E-state index contributed by atoms with van der Waals surface area (Å²) in [6, 6.07) is 8.03. The molecule has 0 fully saturated rings. The van der Waals surface area contributed by atoms with Crippen molar-refractivity contribution in [3.8, 4) is 0 Å². The van der Waals surface area contributed by atoms with E-state index in [9.17, 15) is 9.18 Å². The normalized spacial score (nSPS) is 10.6. The lowest BCUT2D eigenvalue weighted by Crippen LogP contribution is -2.20. The Balaban J connectivity index is 1.68. The number of benzene rings is 1. The molecule has 0 spiro atoms. The van der Waals surface area contributed by atoms with Crippen molar-refractivity contribution in [2.45, 2.75) is 19.9 Å². The molecule has 10 heteroatoms. The van der Waals surface area contributed by atoms with Gasteiger partial charge in [0.2, 0.25) is 0 Å². The number of hydrogen-bond acceptors (Lipinski definition) is 5. The topological polar surface area (TPSA) is 68.2 Å². The summed E-state index contributed by atoms with van der Waals surface area (Å²) in [5.41, 5.74) is 0.788. The molecule has 0 radical (unpaired) electrons. The van der Waals surface area contributed by atoms with Crippen molar-refractivity contribution < 1.29 is 13.9 Å². The van der Waals surface area contributed by atoms with Crippen LogP contribution in [0.3, 0.4) is 0 Å². The number of nitrogens with one attached hydrogen (secondary N) is 2. The first-order chi connectivity index (χ1) is 13.9. The monoisotopic (exact) mass is 452 g/mol. The van der Waals surface area contributed by atoms with Gasteiger partial charge in [0.05, 0.1) is 19.2 Å². The molecular formula is C19H18ClFN4O2S2. The lowest BCUT2D eigenvalue weighted by molar-refractivity contribution is 0.0602. The van der Waals surface area contributed by atoms with Crippen LogP contribution in [0.15, 0.2) is 36.5 Å². The fourth-order valence-electron chi connectivity index (χ4n) is 2.58. The third-order valence-corrected chi connectivity index (χ3v) is 5.78. The third kappa shape index (κ3) is 5.11. The minimum atomic E-state index is -0.433. The van der Waals surface area contributed by atoms with E-state index in [1.54, 1.807) is 35.1 Å². The zero-order chi connectivity index (χ0) is 21.0. The molecule has 3 rings (SSSR count). The van der Waals surface area contributed by atoms with E-state index in [1.165, 1.54) is 24.5 Å². The smallest absolute Gasteiger partial charge is 0.340 e. The summed E-state index contributed by atoms with van der Waals surface area (Å²) in [5, 5.41) is 11.5. The summed E-state index contributed by atoms with van der Waals surface area (Å²) in [5.74, 6) is -0.349. The van der Waals surface area contributed by atoms with Crippen LogP contribution in [0.4, 0.5) is 15.2 Å². The number of aryl methyl sites for hydroxylation is 1. The van der Waals surface area contributed by atoms with Crippen LogP contribution < -0.4 is 10.6 Å². The molecule has 0 saturated carbocycles. The minimum Gasteiger partial charge on any atom is -0.465 e. The Kier molecular flexibility index (Phi) is 6.83. The lowest BCUT2D eigenvalue weighted by Gasteiger charge is -2.09. The molecule has 2 heterocycles. The van der Waals surface area contributed by atoms with Gasteiger partial charge in [-0.3, -0.25) is 4.68 Å². The van der Waals surface area contributed by atoms with Crippen LogP contribution in [0.25, 0.3) is 0 Å². The number of thiocarbonyl (C=S) groups is 1. The first-order valence-corrected chi connectivity index (χ1v) is 10.3. The van der Waals surface area contributed by atoms with E-state index < -0.39 is 5.97 Å². The predicted molar refractivity (Wildman–Crippen MR) is 118 cm³/mol. The maximum absolute atomic E-state index is 14.0. The summed E-state index contributed by atoms with van der Waals surface area (Å²) < 4.78 is 20.3. The van der Waals surface area contributed by atoms with Crippen LogP contribution in [0.1, 0.15) is 27.7 Å². The van der Waals surface area contributed by atoms with Crippen molar-refractivity contribution in [1.29, 1.82) is 0 Å². The molecule has 1 aromatic carbocycles. The zero-order valence-electron chi connectivity index (χ0n) is 15.7. The number of aromatic nitrogens is 2. The molecule has 0 aliphatic heterocycles. The SMILES string of the molecule is CCc1cc(C(=O)OC)c(NC(=S)Nc2ccn(Cc3c(F)cccc3Cl)n2)s1. The van der Waals surface area contributed by atoms with Crippen molar-refractivity contribution in [2.75, 3.05) is 17.7 Å².